The van der Waals surface area contributed by atoms with Crippen LogP contribution in [0.4, 0.5) is 0 Å². The van der Waals surface area contributed by atoms with Crippen molar-refractivity contribution in [3.05, 3.63) is 24.2 Å². The van der Waals surface area contributed by atoms with Crippen LogP contribution in [0.25, 0.3) is 0 Å². The summed E-state index contributed by atoms with van der Waals surface area (Å²) in [4.78, 5) is 11.7. The van der Waals surface area contributed by atoms with Crippen molar-refractivity contribution >= 4 is 5.91 Å². The highest BCUT2D eigenvalue weighted by Crippen LogP contribution is 2.38. The molecule has 18 heavy (non-hydrogen) atoms. The molecular formula is C13H17NO4. The van der Waals surface area contributed by atoms with Gasteiger partial charge in [0.2, 0.25) is 0 Å². The Morgan fingerprint density at radius 2 is 2.28 bits per heavy atom. The SMILES string of the molecule is O=C(NC[C@H]1COC2(CCCC2)O1)c1ccco1. The summed E-state index contributed by atoms with van der Waals surface area (Å²) in [5.74, 6) is -0.249. The molecule has 1 spiro atoms. The van der Waals surface area contributed by atoms with E-state index in [4.69, 9.17) is 13.9 Å². The van der Waals surface area contributed by atoms with E-state index in [1.807, 2.05) is 0 Å². The molecule has 1 aliphatic carbocycles. The predicted molar refractivity (Wildman–Crippen MR) is 63.1 cm³/mol. The minimum atomic E-state index is -0.361. The van der Waals surface area contributed by atoms with Gasteiger partial charge < -0.3 is 19.2 Å². The monoisotopic (exact) mass is 251 g/mol. The number of hydrogen-bond acceptors (Lipinski definition) is 4. The molecular weight excluding hydrogens is 234 g/mol. The van der Waals surface area contributed by atoms with Crippen molar-refractivity contribution in [2.45, 2.75) is 37.6 Å². The zero-order valence-electron chi connectivity index (χ0n) is 10.2. The summed E-state index contributed by atoms with van der Waals surface area (Å²) in [6, 6.07) is 3.33. The van der Waals surface area contributed by atoms with Crippen LogP contribution in [0.15, 0.2) is 22.8 Å². The molecule has 5 heteroatoms. The van der Waals surface area contributed by atoms with E-state index in [0.717, 1.165) is 25.7 Å². The maximum absolute atomic E-state index is 11.7. The Balaban J connectivity index is 1.48. The minimum Gasteiger partial charge on any atom is -0.459 e. The lowest BCUT2D eigenvalue weighted by atomic mass is 10.2. The molecule has 1 saturated heterocycles. The highest BCUT2D eigenvalue weighted by Gasteiger charge is 2.43. The first-order valence-electron chi connectivity index (χ1n) is 6.41. The highest BCUT2D eigenvalue weighted by atomic mass is 16.7. The molecule has 2 heterocycles. The van der Waals surface area contributed by atoms with Crippen LogP contribution in [0, 0.1) is 0 Å². The zero-order chi connectivity index (χ0) is 12.4. The van der Waals surface area contributed by atoms with Gasteiger partial charge in [-0.1, -0.05) is 0 Å². The number of carbonyl (C=O) groups is 1. The molecule has 1 saturated carbocycles. The predicted octanol–water partition coefficient (Wildman–Crippen LogP) is 1.70. The van der Waals surface area contributed by atoms with E-state index < -0.39 is 0 Å². The van der Waals surface area contributed by atoms with Crippen LogP contribution in [-0.2, 0) is 9.47 Å². The van der Waals surface area contributed by atoms with E-state index in [-0.39, 0.29) is 17.8 Å². The Kier molecular flexibility index (Phi) is 3.09. The number of carbonyl (C=O) groups excluding carboxylic acids is 1. The topological polar surface area (TPSA) is 60.7 Å². The van der Waals surface area contributed by atoms with E-state index in [2.05, 4.69) is 5.32 Å². The normalized spacial score (nSPS) is 25.7. The third-order valence-corrected chi connectivity index (χ3v) is 3.51. The second kappa shape index (κ2) is 4.74. The van der Waals surface area contributed by atoms with Gasteiger partial charge in [-0.05, 0) is 25.0 Å². The summed E-state index contributed by atoms with van der Waals surface area (Å²) < 4.78 is 16.7. The van der Waals surface area contributed by atoms with Crippen LogP contribution in [0.1, 0.15) is 36.2 Å². The lowest BCUT2D eigenvalue weighted by Crippen LogP contribution is -2.35. The summed E-state index contributed by atoms with van der Waals surface area (Å²) >= 11 is 0. The third-order valence-electron chi connectivity index (χ3n) is 3.51. The molecule has 1 amide bonds. The molecule has 0 radical (unpaired) electrons. The van der Waals surface area contributed by atoms with E-state index in [9.17, 15) is 4.79 Å². The number of amides is 1. The Labute approximate surface area is 105 Å². The molecule has 2 fully saturated rings. The summed E-state index contributed by atoms with van der Waals surface area (Å²) in [6.45, 7) is 1.01. The third kappa shape index (κ3) is 2.28. The fourth-order valence-corrected chi connectivity index (χ4v) is 2.59. The largest absolute Gasteiger partial charge is 0.459 e. The van der Waals surface area contributed by atoms with Gasteiger partial charge in [-0.3, -0.25) is 4.79 Å². The highest BCUT2D eigenvalue weighted by molar-refractivity contribution is 5.91. The van der Waals surface area contributed by atoms with Gasteiger partial charge in [0, 0.05) is 19.4 Å². The van der Waals surface area contributed by atoms with Crippen molar-refractivity contribution in [1.29, 1.82) is 0 Å². The summed E-state index contributed by atoms with van der Waals surface area (Å²) in [5.41, 5.74) is 0. The molecule has 3 rings (SSSR count). The number of nitrogens with one attached hydrogen (secondary N) is 1. The molecule has 1 N–H and O–H groups in total. The fourth-order valence-electron chi connectivity index (χ4n) is 2.59. The zero-order valence-corrected chi connectivity index (χ0v) is 10.2. The number of furan rings is 1. The summed E-state index contributed by atoms with van der Waals surface area (Å²) in [5, 5.41) is 2.80. The van der Waals surface area contributed by atoms with Crippen molar-refractivity contribution in [3.8, 4) is 0 Å². The molecule has 0 bridgehead atoms. The maximum atomic E-state index is 11.7. The molecule has 1 aromatic rings. The standard InChI is InChI=1S/C13H17NO4/c15-12(11-4-3-7-16-11)14-8-10-9-17-13(18-10)5-1-2-6-13/h3-4,7,10H,1-2,5-6,8-9H2,(H,14,15)/t10-/m0/s1. The van der Waals surface area contributed by atoms with E-state index >= 15 is 0 Å². The van der Waals surface area contributed by atoms with Crippen LogP contribution < -0.4 is 5.32 Å². The fraction of sp³-hybridized carbons (Fsp3) is 0.615. The first kappa shape index (κ1) is 11.7. The van der Waals surface area contributed by atoms with E-state index in [0.29, 0.717) is 18.9 Å². The Morgan fingerprint density at radius 3 is 3.00 bits per heavy atom. The van der Waals surface area contributed by atoms with E-state index in [1.54, 1.807) is 12.1 Å². The first-order valence-corrected chi connectivity index (χ1v) is 6.41. The lowest BCUT2D eigenvalue weighted by Gasteiger charge is -2.21. The average molecular weight is 251 g/mol. The van der Waals surface area contributed by atoms with E-state index in [1.165, 1.54) is 6.26 Å². The molecule has 0 aromatic carbocycles. The summed E-state index contributed by atoms with van der Waals surface area (Å²) in [6.07, 6.45) is 5.68. The van der Waals surface area contributed by atoms with Crippen molar-refractivity contribution in [3.63, 3.8) is 0 Å². The number of ether oxygens (including phenoxy) is 2. The van der Waals surface area contributed by atoms with Gasteiger partial charge in [0.25, 0.3) is 5.91 Å². The van der Waals surface area contributed by atoms with Gasteiger partial charge in [-0.15, -0.1) is 0 Å². The van der Waals surface area contributed by atoms with Crippen LogP contribution in [0.5, 0.6) is 0 Å². The molecule has 0 unspecified atom stereocenters. The maximum Gasteiger partial charge on any atom is 0.287 e. The Hall–Kier alpha value is -1.33. The first-order chi connectivity index (χ1) is 8.77. The minimum absolute atomic E-state index is 0.0537. The van der Waals surface area contributed by atoms with Gasteiger partial charge >= 0.3 is 0 Å². The summed E-state index contributed by atoms with van der Waals surface area (Å²) in [7, 11) is 0. The van der Waals surface area contributed by atoms with Gasteiger partial charge in [-0.25, -0.2) is 0 Å². The van der Waals surface area contributed by atoms with Crippen molar-refractivity contribution in [2.24, 2.45) is 0 Å². The van der Waals surface area contributed by atoms with Crippen LogP contribution in [-0.4, -0.2) is 30.9 Å². The van der Waals surface area contributed by atoms with Gasteiger partial charge in [0.05, 0.1) is 12.9 Å². The van der Waals surface area contributed by atoms with Crippen molar-refractivity contribution in [1.82, 2.24) is 5.32 Å². The van der Waals surface area contributed by atoms with Crippen LogP contribution in [0.3, 0.4) is 0 Å². The number of hydrogen-bond donors (Lipinski definition) is 1. The second-order valence-corrected chi connectivity index (χ2v) is 4.86. The molecule has 2 aliphatic rings. The Bertz CT molecular complexity index is 409. The van der Waals surface area contributed by atoms with Crippen LogP contribution >= 0.6 is 0 Å². The van der Waals surface area contributed by atoms with Gasteiger partial charge in [0.1, 0.15) is 6.10 Å². The lowest BCUT2D eigenvalue weighted by molar-refractivity contribution is -0.161. The molecule has 1 aliphatic heterocycles. The molecule has 1 atom stereocenters. The van der Waals surface area contributed by atoms with Crippen molar-refractivity contribution in [2.75, 3.05) is 13.2 Å². The quantitative estimate of drug-likeness (QED) is 0.888. The molecule has 5 nitrogen and oxygen atoms in total. The van der Waals surface area contributed by atoms with Crippen LogP contribution in [0.2, 0.25) is 0 Å². The van der Waals surface area contributed by atoms with Gasteiger partial charge in [-0.2, -0.15) is 0 Å². The second-order valence-electron chi connectivity index (χ2n) is 4.86. The smallest absolute Gasteiger partial charge is 0.287 e. The Morgan fingerprint density at radius 1 is 1.44 bits per heavy atom. The van der Waals surface area contributed by atoms with Crippen molar-refractivity contribution < 1.29 is 18.7 Å². The number of rotatable bonds is 3. The average Bonchev–Trinajstić information content (AvgIpc) is 3.09. The molecule has 1 aromatic heterocycles. The van der Waals surface area contributed by atoms with Gasteiger partial charge in [0.15, 0.2) is 11.5 Å². The molecule has 98 valence electrons.